The van der Waals surface area contributed by atoms with Crippen LogP contribution in [0.4, 0.5) is 0 Å². The summed E-state index contributed by atoms with van der Waals surface area (Å²) in [6.07, 6.45) is -1.31. The molecule has 0 radical (unpaired) electrons. The van der Waals surface area contributed by atoms with Crippen LogP contribution in [0.15, 0.2) is 0 Å². The van der Waals surface area contributed by atoms with Gasteiger partial charge >= 0.3 is 0 Å². The van der Waals surface area contributed by atoms with E-state index >= 15 is 0 Å². The monoisotopic (exact) mass is 271 g/mol. The summed E-state index contributed by atoms with van der Waals surface area (Å²) in [6, 6.07) is 0. The predicted octanol–water partition coefficient (Wildman–Crippen LogP) is -1.18. The van der Waals surface area contributed by atoms with Gasteiger partial charge in [-0.25, -0.2) is 21.1 Å². The van der Waals surface area contributed by atoms with Gasteiger partial charge in [0.2, 0.25) is 10.0 Å². The minimum absolute atomic E-state index is 0.280. The Morgan fingerprint density at radius 3 is 2.06 bits per heavy atom. The summed E-state index contributed by atoms with van der Waals surface area (Å²) in [5, 5.41) is 8.30. The van der Waals surface area contributed by atoms with E-state index in [0.717, 1.165) is 0 Å². The van der Waals surface area contributed by atoms with Crippen molar-refractivity contribution in [3.8, 4) is 0 Å². The summed E-state index contributed by atoms with van der Waals surface area (Å²) >= 11 is 0. The van der Waals surface area contributed by atoms with E-state index in [1.165, 1.54) is 4.31 Å². The number of nitrogens with zero attached hydrogens (tertiary/aromatic N) is 1. The van der Waals surface area contributed by atoms with Crippen LogP contribution >= 0.6 is 0 Å². The highest BCUT2D eigenvalue weighted by Crippen LogP contribution is 2.22. The molecule has 6 nitrogen and oxygen atoms in total. The van der Waals surface area contributed by atoms with Crippen LogP contribution in [0.1, 0.15) is 13.8 Å². The number of sulfone groups is 1. The van der Waals surface area contributed by atoms with E-state index in [4.69, 9.17) is 0 Å². The number of rotatable bonds is 4. The van der Waals surface area contributed by atoms with Gasteiger partial charge in [-0.1, -0.05) is 13.8 Å². The molecule has 96 valence electrons. The van der Waals surface area contributed by atoms with Gasteiger partial charge in [-0.05, 0) is 0 Å². The molecule has 0 aromatic heterocycles. The topological polar surface area (TPSA) is 91.8 Å². The third kappa shape index (κ3) is 2.55. The van der Waals surface area contributed by atoms with Crippen molar-refractivity contribution in [1.82, 2.24) is 4.31 Å². The second kappa shape index (κ2) is 4.59. The fourth-order valence-corrected chi connectivity index (χ4v) is 6.50. The van der Waals surface area contributed by atoms with Gasteiger partial charge in [0.15, 0.2) is 9.84 Å². The summed E-state index contributed by atoms with van der Waals surface area (Å²) in [5.74, 6) is -0.939. The average Bonchev–Trinajstić information content (AvgIpc) is 2.42. The van der Waals surface area contributed by atoms with Crippen LogP contribution in [-0.4, -0.2) is 62.2 Å². The van der Waals surface area contributed by atoms with Crippen molar-refractivity contribution < 1.29 is 21.9 Å². The Balaban J connectivity index is 3.02. The number of hydrogen-bond acceptors (Lipinski definition) is 5. The molecule has 0 bridgehead atoms. The van der Waals surface area contributed by atoms with Crippen LogP contribution < -0.4 is 0 Å². The van der Waals surface area contributed by atoms with Crippen LogP contribution in [0, 0.1) is 0 Å². The zero-order valence-electron chi connectivity index (χ0n) is 9.33. The predicted molar refractivity (Wildman–Crippen MR) is 60.3 cm³/mol. The van der Waals surface area contributed by atoms with E-state index in [9.17, 15) is 21.9 Å². The van der Waals surface area contributed by atoms with Crippen molar-refractivity contribution in [3.05, 3.63) is 0 Å². The molecule has 1 N–H and O–H groups in total. The number of hydrogen-bond donors (Lipinski definition) is 1. The molecular weight excluding hydrogens is 254 g/mol. The molecule has 16 heavy (non-hydrogen) atoms. The fraction of sp³-hybridized carbons (Fsp3) is 1.00. The molecule has 8 heteroatoms. The highest BCUT2D eigenvalue weighted by molar-refractivity contribution is 7.95. The van der Waals surface area contributed by atoms with E-state index in [2.05, 4.69) is 0 Å². The molecule has 1 aliphatic heterocycles. The van der Waals surface area contributed by atoms with Gasteiger partial charge in [-0.15, -0.1) is 0 Å². The minimum atomic E-state index is -3.72. The van der Waals surface area contributed by atoms with E-state index in [0.29, 0.717) is 0 Å². The van der Waals surface area contributed by atoms with Crippen LogP contribution in [0.5, 0.6) is 0 Å². The first kappa shape index (κ1) is 13.9. The minimum Gasteiger partial charge on any atom is -0.391 e. The van der Waals surface area contributed by atoms with Gasteiger partial charge in [0, 0.05) is 13.1 Å². The normalized spacial score (nSPS) is 29.8. The molecule has 1 heterocycles. The van der Waals surface area contributed by atoms with Crippen LogP contribution in [0.3, 0.4) is 0 Å². The van der Waals surface area contributed by atoms with Gasteiger partial charge in [0.05, 0.1) is 17.6 Å². The van der Waals surface area contributed by atoms with Crippen LogP contribution in [-0.2, 0) is 19.9 Å². The Bertz CT molecular complexity index is 437. The lowest BCUT2D eigenvalue weighted by atomic mass is 10.3. The van der Waals surface area contributed by atoms with Crippen molar-refractivity contribution in [2.75, 3.05) is 24.6 Å². The molecule has 0 aliphatic carbocycles. The summed E-state index contributed by atoms with van der Waals surface area (Å²) in [5.41, 5.74) is 0. The molecule has 0 spiro atoms. The summed E-state index contributed by atoms with van der Waals surface area (Å²) in [4.78, 5) is 0. The number of aliphatic hydroxyl groups is 1. The van der Waals surface area contributed by atoms with Gasteiger partial charge < -0.3 is 5.11 Å². The van der Waals surface area contributed by atoms with Gasteiger partial charge in [0.25, 0.3) is 0 Å². The first-order valence-electron chi connectivity index (χ1n) is 5.12. The average molecular weight is 271 g/mol. The standard InChI is InChI=1S/C8H17NO5S2/c1-3-9(4-2)16(13,14)8-6-15(11,12)5-7(8)10/h7-8,10H,3-6H2,1-2H3/t7-,8-/m1/s1. The molecule has 0 amide bonds. The molecule has 1 aliphatic rings. The largest absolute Gasteiger partial charge is 0.391 e. The quantitative estimate of drug-likeness (QED) is 0.694. The third-order valence-electron chi connectivity index (χ3n) is 2.72. The zero-order valence-corrected chi connectivity index (χ0v) is 11.0. The van der Waals surface area contributed by atoms with Gasteiger partial charge in [-0.3, -0.25) is 0 Å². The van der Waals surface area contributed by atoms with E-state index < -0.39 is 42.7 Å². The Labute approximate surface area is 96.2 Å². The van der Waals surface area contributed by atoms with Crippen molar-refractivity contribution >= 4 is 19.9 Å². The maximum atomic E-state index is 12.0. The Morgan fingerprint density at radius 1 is 1.25 bits per heavy atom. The van der Waals surface area contributed by atoms with Crippen molar-refractivity contribution in [3.63, 3.8) is 0 Å². The highest BCUT2D eigenvalue weighted by Gasteiger charge is 2.46. The van der Waals surface area contributed by atoms with Gasteiger partial charge in [-0.2, -0.15) is 0 Å². The molecule has 0 saturated carbocycles. The van der Waals surface area contributed by atoms with Crippen molar-refractivity contribution in [2.24, 2.45) is 0 Å². The molecule has 0 aromatic carbocycles. The highest BCUT2D eigenvalue weighted by atomic mass is 32.2. The first-order valence-corrected chi connectivity index (χ1v) is 8.44. The molecule has 1 saturated heterocycles. The zero-order chi connectivity index (χ0) is 12.6. The molecule has 1 rings (SSSR count). The second-order valence-electron chi connectivity index (χ2n) is 3.81. The maximum Gasteiger partial charge on any atom is 0.220 e. The molecule has 1 fully saturated rings. The molecule has 0 aromatic rings. The van der Waals surface area contributed by atoms with Crippen molar-refractivity contribution in [2.45, 2.75) is 25.2 Å². The number of aliphatic hydroxyl groups excluding tert-OH is 1. The lowest BCUT2D eigenvalue weighted by molar-refractivity contribution is 0.201. The van der Waals surface area contributed by atoms with E-state index in [1.54, 1.807) is 13.8 Å². The van der Waals surface area contributed by atoms with E-state index in [-0.39, 0.29) is 13.1 Å². The Morgan fingerprint density at radius 2 is 1.75 bits per heavy atom. The maximum absolute atomic E-state index is 12.0. The SMILES string of the molecule is CCN(CC)S(=O)(=O)[C@@H]1CS(=O)(=O)C[C@H]1O. The summed E-state index contributed by atoms with van der Waals surface area (Å²) in [6.45, 7) is 3.91. The number of sulfonamides is 1. The fourth-order valence-electron chi connectivity index (χ4n) is 1.86. The smallest absolute Gasteiger partial charge is 0.220 e. The Hall–Kier alpha value is -0.180. The summed E-state index contributed by atoms with van der Waals surface area (Å²) in [7, 11) is -7.15. The van der Waals surface area contributed by atoms with E-state index in [1.807, 2.05) is 0 Å². The lowest BCUT2D eigenvalue weighted by Gasteiger charge is -2.23. The van der Waals surface area contributed by atoms with Crippen molar-refractivity contribution in [1.29, 1.82) is 0 Å². The van der Waals surface area contributed by atoms with Crippen LogP contribution in [0.25, 0.3) is 0 Å². The summed E-state index contributed by atoms with van der Waals surface area (Å²) < 4.78 is 47.7. The second-order valence-corrected chi connectivity index (χ2v) is 8.12. The molecule has 2 atom stereocenters. The van der Waals surface area contributed by atoms with Gasteiger partial charge in [0.1, 0.15) is 5.25 Å². The lowest BCUT2D eigenvalue weighted by Crippen LogP contribution is -2.43. The third-order valence-corrected chi connectivity index (χ3v) is 7.13. The first-order chi connectivity index (χ1) is 7.24. The van der Waals surface area contributed by atoms with Crippen LogP contribution in [0.2, 0.25) is 0 Å². The molecule has 0 unspecified atom stereocenters. The molecular formula is C8H17NO5S2. The Kier molecular flexibility index (Phi) is 3.99.